The largest absolute Gasteiger partial charge is 0.495 e. The molecule has 7 nitrogen and oxygen atoms in total. The zero-order valence-corrected chi connectivity index (χ0v) is 15.9. The number of ether oxygens (including phenoxy) is 1. The van der Waals surface area contributed by atoms with Gasteiger partial charge in [-0.1, -0.05) is 36.4 Å². The average molecular weight is 377 g/mol. The lowest BCUT2D eigenvalue weighted by atomic mass is 10.1. The van der Waals surface area contributed by atoms with E-state index < -0.39 is 6.03 Å². The van der Waals surface area contributed by atoms with Crippen molar-refractivity contribution in [1.82, 2.24) is 15.3 Å². The Morgan fingerprint density at radius 1 is 0.964 bits per heavy atom. The van der Waals surface area contributed by atoms with Crippen LogP contribution in [0, 0.1) is 6.92 Å². The predicted molar refractivity (Wildman–Crippen MR) is 109 cm³/mol. The molecule has 0 aliphatic rings. The van der Waals surface area contributed by atoms with Gasteiger partial charge in [0.25, 0.3) is 0 Å². The first-order valence-corrected chi connectivity index (χ1v) is 8.92. The monoisotopic (exact) mass is 377 g/mol. The minimum Gasteiger partial charge on any atom is -0.495 e. The maximum Gasteiger partial charge on any atom is 0.324 e. The van der Waals surface area contributed by atoms with Crippen molar-refractivity contribution in [2.45, 2.75) is 20.0 Å². The van der Waals surface area contributed by atoms with Gasteiger partial charge in [0, 0.05) is 13.1 Å². The molecule has 0 radical (unpaired) electrons. The van der Waals surface area contributed by atoms with Gasteiger partial charge < -0.3 is 15.4 Å². The van der Waals surface area contributed by atoms with Crippen molar-refractivity contribution in [2.24, 2.45) is 0 Å². The maximum atomic E-state index is 12.2. The van der Waals surface area contributed by atoms with Gasteiger partial charge in [0.1, 0.15) is 5.75 Å². The highest BCUT2D eigenvalue weighted by molar-refractivity contribution is 6.00. The highest BCUT2D eigenvalue weighted by Crippen LogP contribution is 2.25. The van der Waals surface area contributed by atoms with Crippen LogP contribution in [0.25, 0.3) is 0 Å². The third-order valence-corrected chi connectivity index (χ3v) is 4.04. The first kappa shape index (κ1) is 19.3. The fourth-order valence-corrected chi connectivity index (χ4v) is 2.62. The van der Waals surface area contributed by atoms with Crippen molar-refractivity contribution < 1.29 is 9.53 Å². The molecular formula is C21H23N5O2. The van der Waals surface area contributed by atoms with E-state index in [1.54, 1.807) is 13.3 Å². The molecule has 0 bridgehead atoms. The van der Waals surface area contributed by atoms with Crippen LogP contribution in [0.2, 0.25) is 0 Å². The summed E-state index contributed by atoms with van der Waals surface area (Å²) in [6.07, 6.45) is 3.10. The minimum atomic E-state index is -0.411. The topological polar surface area (TPSA) is 88.2 Å². The van der Waals surface area contributed by atoms with E-state index in [0.29, 0.717) is 23.8 Å². The second kappa shape index (κ2) is 9.48. The Morgan fingerprint density at radius 2 is 1.75 bits per heavy atom. The highest BCUT2D eigenvalue weighted by Gasteiger charge is 2.09. The lowest BCUT2D eigenvalue weighted by molar-refractivity contribution is 0.262. The maximum absolute atomic E-state index is 12.2. The summed E-state index contributed by atoms with van der Waals surface area (Å²) in [5.74, 6) is 0.966. The van der Waals surface area contributed by atoms with E-state index in [0.717, 1.165) is 17.8 Å². The summed E-state index contributed by atoms with van der Waals surface area (Å²) in [6, 6.07) is 15.5. The Hall–Kier alpha value is -3.45. The first-order valence-electron chi connectivity index (χ1n) is 8.92. The molecule has 0 atom stereocenters. The number of carbonyl (C=O) groups excluding carboxylic acids is 1. The van der Waals surface area contributed by atoms with Crippen molar-refractivity contribution in [2.75, 3.05) is 17.7 Å². The first-order chi connectivity index (χ1) is 13.6. The predicted octanol–water partition coefficient (Wildman–Crippen LogP) is 3.73. The molecule has 0 spiro atoms. The number of aromatic nitrogens is 2. The number of urea groups is 1. The molecule has 0 fully saturated rings. The van der Waals surface area contributed by atoms with E-state index in [1.165, 1.54) is 11.8 Å². The summed E-state index contributed by atoms with van der Waals surface area (Å²) in [6.45, 7) is 3.30. The second-order valence-electron chi connectivity index (χ2n) is 6.25. The molecule has 0 aliphatic heterocycles. The van der Waals surface area contributed by atoms with Gasteiger partial charge in [0.15, 0.2) is 5.82 Å². The normalized spacial score (nSPS) is 10.4. The fraction of sp³-hybridized carbons (Fsp3) is 0.190. The molecule has 0 saturated heterocycles. The van der Waals surface area contributed by atoms with Crippen molar-refractivity contribution in [3.8, 4) is 5.75 Å². The lowest BCUT2D eigenvalue weighted by Gasteiger charge is -2.13. The van der Waals surface area contributed by atoms with E-state index in [2.05, 4.69) is 38.1 Å². The van der Waals surface area contributed by atoms with Crippen LogP contribution in [0.1, 0.15) is 16.8 Å². The Balaban J connectivity index is 1.57. The van der Waals surface area contributed by atoms with E-state index >= 15 is 0 Å². The molecule has 3 aromatic rings. The van der Waals surface area contributed by atoms with E-state index in [4.69, 9.17) is 4.74 Å². The standard InChI is InChI=1S/C21H23N5O2/c1-15-11-24-20(14-23-15)26-21(27)25-18-9-8-17(10-19(18)28-2)13-22-12-16-6-4-3-5-7-16/h3-11,14,22H,12-13H2,1-2H3,(H2,24,25,26,27). The molecule has 1 heterocycles. The van der Waals surface area contributed by atoms with Crippen LogP contribution < -0.4 is 20.7 Å². The molecule has 2 amide bonds. The summed E-state index contributed by atoms with van der Waals surface area (Å²) >= 11 is 0. The highest BCUT2D eigenvalue weighted by atomic mass is 16.5. The number of aryl methyl sites for hydroxylation is 1. The summed E-state index contributed by atoms with van der Waals surface area (Å²) in [5.41, 5.74) is 3.64. The van der Waals surface area contributed by atoms with Crippen LogP contribution >= 0.6 is 0 Å². The summed E-state index contributed by atoms with van der Waals surface area (Å²) in [7, 11) is 1.57. The molecular weight excluding hydrogens is 354 g/mol. The molecule has 144 valence electrons. The summed E-state index contributed by atoms with van der Waals surface area (Å²) in [5, 5.41) is 8.81. The van der Waals surface area contributed by atoms with Gasteiger partial charge in [-0.3, -0.25) is 10.3 Å². The van der Waals surface area contributed by atoms with Gasteiger partial charge in [-0.2, -0.15) is 0 Å². The molecule has 3 rings (SSSR count). The quantitative estimate of drug-likeness (QED) is 0.584. The van der Waals surface area contributed by atoms with Gasteiger partial charge in [0.05, 0.1) is 30.9 Å². The third kappa shape index (κ3) is 5.52. The zero-order valence-electron chi connectivity index (χ0n) is 15.9. The van der Waals surface area contributed by atoms with Crippen LogP contribution in [0.4, 0.5) is 16.3 Å². The molecule has 2 aromatic carbocycles. The number of nitrogens with zero attached hydrogens (tertiary/aromatic N) is 2. The minimum absolute atomic E-state index is 0.379. The molecule has 3 N–H and O–H groups in total. The van der Waals surface area contributed by atoms with Crippen molar-refractivity contribution in [3.63, 3.8) is 0 Å². The number of benzene rings is 2. The smallest absolute Gasteiger partial charge is 0.324 e. The number of rotatable bonds is 7. The lowest BCUT2D eigenvalue weighted by Crippen LogP contribution is -2.20. The van der Waals surface area contributed by atoms with Gasteiger partial charge in [-0.15, -0.1) is 0 Å². The summed E-state index contributed by atoms with van der Waals surface area (Å²) < 4.78 is 5.42. The Labute approximate surface area is 164 Å². The summed E-state index contributed by atoms with van der Waals surface area (Å²) in [4.78, 5) is 20.4. The van der Waals surface area contributed by atoms with Gasteiger partial charge in [-0.05, 0) is 30.2 Å². The third-order valence-electron chi connectivity index (χ3n) is 4.04. The van der Waals surface area contributed by atoms with Crippen molar-refractivity contribution in [1.29, 1.82) is 0 Å². The number of nitrogens with one attached hydrogen (secondary N) is 3. The number of hydrogen-bond acceptors (Lipinski definition) is 5. The van der Waals surface area contributed by atoms with Crippen LogP contribution in [0.15, 0.2) is 60.9 Å². The number of amides is 2. The number of hydrogen-bond donors (Lipinski definition) is 3. The van der Waals surface area contributed by atoms with E-state index in [9.17, 15) is 4.79 Å². The van der Waals surface area contributed by atoms with Gasteiger partial charge in [0.2, 0.25) is 0 Å². The molecule has 0 aliphatic carbocycles. The van der Waals surface area contributed by atoms with Crippen molar-refractivity contribution >= 4 is 17.5 Å². The molecule has 28 heavy (non-hydrogen) atoms. The molecule has 0 saturated carbocycles. The van der Waals surface area contributed by atoms with E-state index in [-0.39, 0.29) is 0 Å². The average Bonchev–Trinajstić information content (AvgIpc) is 2.71. The number of anilines is 2. The zero-order chi connectivity index (χ0) is 19.8. The fourth-order valence-electron chi connectivity index (χ4n) is 2.62. The number of carbonyl (C=O) groups is 1. The Bertz CT molecular complexity index is 914. The van der Waals surface area contributed by atoms with Gasteiger partial charge >= 0.3 is 6.03 Å². The Kier molecular flexibility index (Phi) is 6.54. The Morgan fingerprint density at radius 3 is 2.46 bits per heavy atom. The molecule has 0 unspecified atom stereocenters. The second-order valence-corrected chi connectivity index (χ2v) is 6.25. The van der Waals surface area contributed by atoms with Crippen LogP contribution in [-0.4, -0.2) is 23.1 Å². The number of methoxy groups -OCH3 is 1. The molecule has 7 heteroatoms. The van der Waals surface area contributed by atoms with Crippen LogP contribution in [-0.2, 0) is 13.1 Å². The van der Waals surface area contributed by atoms with Gasteiger partial charge in [-0.25, -0.2) is 9.78 Å². The van der Waals surface area contributed by atoms with Crippen LogP contribution in [0.5, 0.6) is 5.75 Å². The van der Waals surface area contributed by atoms with E-state index in [1.807, 2.05) is 43.3 Å². The molecule has 1 aromatic heterocycles. The van der Waals surface area contributed by atoms with Crippen molar-refractivity contribution in [3.05, 3.63) is 77.7 Å². The SMILES string of the molecule is COc1cc(CNCc2ccccc2)ccc1NC(=O)Nc1cnc(C)cn1. The van der Waals surface area contributed by atoms with Crippen LogP contribution in [0.3, 0.4) is 0 Å².